The van der Waals surface area contributed by atoms with E-state index in [1.54, 1.807) is 6.08 Å². The Morgan fingerprint density at radius 2 is 1.87 bits per heavy atom. The predicted octanol–water partition coefficient (Wildman–Crippen LogP) is 2.68. The van der Waals surface area contributed by atoms with E-state index in [-0.39, 0.29) is 5.78 Å². The van der Waals surface area contributed by atoms with Gasteiger partial charge >= 0.3 is 0 Å². The lowest BCUT2D eigenvalue weighted by Crippen LogP contribution is -2.39. The van der Waals surface area contributed by atoms with Crippen LogP contribution < -0.4 is 5.19 Å². The first-order chi connectivity index (χ1) is 7.06. The van der Waals surface area contributed by atoms with Gasteiger partial charge in [0.15, 0.2) is 5.78 Å². The molecular weight excluding hydrogens is 200 g/mol. The fourth-order valence-corrected chi connectivity index (χ4v) is 3.23. The molecule has 0 fully saturated rings. The lowest BCUT2D eigenvalue weighted by Gasteiger charge is -2.17. The van der Waals surface area contributed by atoms with Crippen LogP contribution in [0.3, 0.4) is 0 Å². The van der Waals surface area contributed by atoms with Gasteiger partial charge in [0.25, 0.3) is 0 Å². The maximum Gasteiger partial charge on any atom is 0.154 e. The van der Waals surface area contributed by atoms with E-state index in [9.17, 15) is 4.79 Å². The van der Waals surface area contributed by atoms with Gasteiger partial charge < -0.3 is 0 Å². The van der Waals surface area contributed by atoms with Crippen molar-refractivity contribution in [3.63, 3.8) is 0 Å². The van der Waals surface area contributed by atoms with E-state index in [4.69, 9.17) is 0 Å². The van der Waals surface area contributed by atoms with Crippen LogP contribution in [0.1, 0.15) is 13.3 Å². The molecule has 1 aromatic rings. The standard InChI is InChI=1S/C13H18OSi/c1-4-12(14)10-11-15(2,3)13-8-6-5-7-9-13/h5-11H,4H2,1-3H3/b11-10+. The van der Waals surface area contributed by atoms with Crippen LogP contribution in [-0.2, 0) is 4.79 Å². The van der Waals surface area contributed by atoms with Crippen LogP contribution in [0.15, 0.2) is 42.1 Å². The molecule has 0 spiro atoms. The Morgan fingerprint density at radius 1 is 1.27 bits per heavy atom. The third-order valence-corrected chi connectivity index (χ3v) is 5.37. The van der Waals surface area contributed by atoms with Gasteiger partial charge in [-0.2, -0.15) is 0 Å². The fourth-order valence-electron chi connectivity index (χ4n) is 1.38. The number of rotatable bonds is 4. The number of ketones is 1. The lowest BCUT2D eigenvalue weighted by atomic mass is 10.3. The summed E-state index contributed by atoms with van der Waals surface area (Å²) in [6.07, 6.45) is 2.34. The summed E-state index contributed by atoms with van der Waals surface area (Å²) in [7, 11) is -1.56. The first kappa shape index (κ1) is 11.9. The normalized spacial score (nSPS) is 11.9. The highest BCUT2D eigenvalue weighted by Gasteiger charge is 2.19. The minimum Gasteiger partial charge on any atom is -0.295 e. The molecule has 2 heteroatoms. The van der Waals surface area contributed by atoms with Crippen LogP contribution in [0.25, 0.3) is 0 Å². The number of hydrogen-bond donors (Lipinski definition) is 0. The summed E-state index contributed by atoms with van der Waals surface area (Å²) in [4.78, 5) is 11.2. The Kier molecular flexibility index (Phi) is 4.03. The Hall–Kier alpha value is -1.15. The molecule has 0 amide bonds. The summed E-state index contributed by atoms with van der Waals surface area (Å²) in [6.45, 7) is 6.40. The quantitative estimate of drug-likeness (QED) is 0.561. The van der Waals surface area contributed by atoms with E-state index in [2.05, 4.69) is 43.1 Å². The van der Waals surface area contributed by atoms with Crippen molar-refractivity contribution in [3.05, 3.63) is 42.1 Å². The van der Waals surface area contributed by atoms with Crippen LogP contribution in [0.2, 0.25) is 13.1 Å². The molecule has 0 saturated carbocycles. The molecule has 0 radical (unpaired) electrons. The summed E-state index contributed by atoms with van der Waals surface area (Å²) in [5, 5.41) is 1.37. The Bertz CT molecular complexity index is 352. The molecule has 0 aliphatic rings. The Morgan fingerprint density at radius 3 is 2.40 bits per heavy atom. The maximum atomic E-state index is 11.2. The summed E-state index contributed by atoms with van der Waals surface area (Å²) in [5.74, 6) is 0.214. The fraction of sp³-hybridized carbons (Fsp3) is 0.308. The van der Waals surface area contributed by atoms with Gasteiger partial charge in [-0.3, -0.25) is 4.79 Å². The summed E-state index contributed by atoms with van der Waals surface area (Å²) < 4.78 is 0. The highest BCUT2D eigenvalue weighted by Crippen LogP contribution is 2.05. The van der Waals surface area contributed by atoms with E-state index in [1.165, 1.54) is 5.19 Å². The van der Waals surface area contributed by atoms with Crippen molar-refractivity contribution in [2.24, 2.45) is 0 Å². The Balaban J connectivity index is 2.84. The van der Waals surface area contributed by atoms with Crippen molar-refractivity contribution < 1.29 is 4.79 Å². The molecule has 0 aliphatic carbocycles. The van der Waals surface area contributed by atoms with E-state index < -0.39 is 8.07 Å². The van der Waals surface area contributed by atoms with Crippen molar-refractivity contribution in [3.8, 4) is 0 Å². The largest absolute Gasteiger partial charge is 0.295 e. The molecule has 0 N–H and O–H groups in total. The zero-order valence-electron chi connectivity index (χ0n) is 9.66. The first-order valence-electron chi connectivity index (χ1n) is 5.34. The van der Waals surface area contributed by atoms with E-state index in [0.29, 0.717) is 6.42 Å². The SMILES string of the molecule is CCC(=O)/C=C/[Si](C)(C)c1ccccc1. The van der Waals surface area contributed by atoms with Gasteiger partial charge in [0.2, 0.25) is 0 Å². The van der Waals surface area contributed by atoms with Gasteiger partial charge in [-0.25, -0.2) is 0 Å². The van der Waals surface area contributed by atoms with Gasteiger partial charge in [-0.15, -0.1) is 0 Å². The van der Waals surface area contributed by atoms with Crippen molar-refractivity contribution >= 4 is 19.0 Å². The van der Waals surface area contributed by atoms with Gasteiger partial charge in [-0.05, 0) is 6.08 Å². The van der Waals surface area contributed by atoms with Crippen LogP contribution in [-0.4, -0.2) is 13.9 Å². The minimum atomic E-state index is -1.56. The van der Waals surface area contributed by atoms with E-state index in [1.807, 2.05) is 13.0 Å². The zero-order valence-corrected chi connectivity index (χ0v) is 10.7. The molecule has 80 valence electrons. The van der Waals surface area contributed by atoms with Crippen molar-refractivity contribution in [2.75, 3.05) is 0 Å². The maximum absolute atomic E-state index is 11.2. The van der Waals surface area contributed by atoms with Crippen molar-refractivity contribution in [2.45, 2.75) is 26.4 Å². The molecular formula is C13H18OSi. The molecule has 0 aromatic heterocycles. The molecule has 0 atom stereocenters. The lowest BCUT2D eigenvalue weighted by molar-refractivity contribution is -0.114. The minimum absolute atomic E-state index is 0.214. The first-order valence-corrected chi connectivity index (χ1v) is 8.41. The van der Waals surface area contributed by atoms with Crippen LogP contribution >= 0.6 is 0 Å². The summed E-state index contributed by atoms with van der Waals surface area (Å²) in [6, 6.07) is 10.4. The van der Waals surface area contributed by atoms with Gasteiger partial charge in [0.1, 0.15) is 8.07 Å². The average molecular weight is 218 g/mol. The predicted molar refractivity (Wildman–Crippen MR) is 68.0 cm³/mol. The van der Waals surface area contributed by atoms with Crippen LogP contribution in [0.4, 0.5) is 0 Å². The second kappa shape index (κ2) is 5.08. The Labute approximate surface area is 92.8 Å². The number of allylic oxidation sites excluding steroid dienone is 1. The molecule has 1 nitrogen and oxygen atoms in total. The van der Waals surface area contributed by atoms with Gasteiger partial charge in [0, 0.05) is 6.42 Å². The monoisotopic (exact) mass is 218 g/mol. The zero-order chi connectivity index (χ0) is 11.3. The third kappa shape index (κ3) is 3.48. The van der Waals surface area contributed by atoms with E-state index >= 15 is 0 Å². The highest BCUT2D eigenvalue weighted by atomic mass is 28.3. The molecule has 0 bridgehead atoms. The summed E-state index contributed by atoms with van der Waals surface area (Å²) >= 11 is 0. The van der Waals surface area contributed by atoms with Crippen molar-refractivity contribution in [1.29, 1.82) is 0 Å². The molecule has 0 unspecified atom stereocenters. The van der Waals surface area contributed by atoms with Gasteiger partial charge in [0.05, 0.1) is 0 Å². The smallest absolute Gasteiger partial charge is 0.154 e. The third-order valence-electron chi connectivity index (χ3n) is 2.55. The number of benzene rings is 1. The molecule has 0 aliphatic heterocycles. The summed E-state index contributed by atoms with van der Waals surface area (Å²) in [5.41, 5.74) is 2.12. The van der Waals surface area contributed by atoms with E-state index in [0.717, 1.165) is 0 Å². The average Bonchev–Trinajstić information content (AvgIpc) is 2.27. The van der Waals surface area contributed by atoms with Crippen molar-refractivity contribution in [1.82, 2.24) is 0 Å². The molecule has 1 rings (SSSR count). The molecule has 15 heavy (non-hydrogen) atoms. The van der Waals surface area contributed by atoms with Crippen LogP contribution in [0.5, 0.6) is 0 Å². The number of hydrogen-bond acceptors (Lipinski definition) is 1. The highest BCUT2D eigenvalue weighted by molar-refractivity contribution is 6.94. The second-order valence-corrected chi connectivity index (χ2v) is 8.59. The number of carbonyl (C=O) groups excluding carboxylic acids is 1. The number of carbonyl (C=O) groups is 1. The van der Waals surface area contributed by atoms with Gasteiger partial charge in [-0.1, -0.05) is 61.2 Å². The molecule has 0 saturated heterocycles. The van der Waals surface area contributed by atoms with Crippen LogP contribution in [0, 0.1) is 0 Å². The molecule has 1 aromatic carbocycles. The second-order valence-electron chi connectivity index (χ2n) is 4.24. The molecule has 0 heterocycles. The topological polar surface area (TPSA) is 17.1 Å².